The largest absolute Gasteiger partial charge is 0.508 e. The maximum Gasteiger partial charge on any atom is 0.289 e. The standard InChI is InChI=1S/C27H26N2O4/c30-16-6-5-15-10-24-12-28(11-14-3-4-14)23(24)27-20-9-18-21(26(24,27)17(15)8-16)25(20,33-27)13-29(18)22(31)19-2-1-7-32-19/h1-2,5-8,14,18,20-21,23,30H,3-4,9-13H2. The third-order valence-corrected chi connectivity index (χ3v) is 11.5. The van der Waals surface area contributed by atoms with Crippen LogP contribution in [0, 0.1) is 23.2 Å². The molecule has 8 aliphatic rings. The number of piperidine rings is 2. The first kappa shape index (κ1) is 17.2. The van der Waals surface area contributed by atoms with E-state index in [-0.39, 0.29) is 34.0 Å². The fourth-order valence-electron chi connectivity index (χ4n) is 11.1. The number of carbonyl (C=O) groups is 1. The summed E-state index contributed by atoms with van der Waals surface area (Å²) in [7, 11) is 0. The summed E-state index contributed by atoms with van der Waals surface area (Å²) in [6, 6.07) is 10.4. The molecule has 1 N–H and O–H groups in total. The highest BCUT2D eigenvalue weighted by atomic mass is 16.6. The number of carbonyl (C=O) groups excluding carboxylic acids is 1. The minimum atomic E-state index is -0.213. The van der Waals surface area contributed by atoms with E-state index in [0.717, 1.165) is 25.3 Å². The minimum absolute atomic E-state index is 0.00717. The molecule has 7 fully saturated rings. The zero-order chi connectivity index (χ0) is 21.5. The van der Waals surface area contributed by atoms with Crippen LogP contribution in [0.5, 0.6) is 5.75 Å². The summed E-state index contributed by atoms with van der Waals surface area (Å²) in [6.07, 6.45) is 6.49. The third-order valence-electron chi connectivity index (χ3n) is 11.5. The second-order valence-corrected chi connectivity index (χ2v) is 12.4. The Morgan fingerprint density at radius 1 is 1.21 bits per heavy atom. The van der Waals surface area contributed by atoms with Crippen molar-refractivity contribution in [2.24, 2.45) is 23.2 Å². The minimum Gasteiger partial charge on any atom is -0.508 e. The molecule has 2 aromatic rings. The molecule has 5 bridgehead atoms. The number of rotatable bonds is 3. The zero-order valence-electron chi connectivity index (χ0n) is 18.4. The molecule has 4 spiro atoms. The number of furan rings is 1. The summed E-state index contributed by atoms with van der Waals surface area (Å²) in [6.45, 7) is 3.06. The van der Waals surface area contributed by atoms with Gasteiger partial charge >= 0.3 is 0 Å². The van der Waals surface area contributed by atoms with Crippen molar-refractivity contribution < 1.29 is 19.1 Å². The first-order valence-electron chi connectivity index (χ1n) is 12.7. The molecule has 10 rings (SSSR count). The predicted octanol–water partition coefficient (Wildman–Crippen LogP) is 2.56. The van der Waals surface area contributed by atoms with E-state index in [0.29, 0.717) is 35.9 Å². The maximum absolute atomic E-state index is 13.4. The van der Waals surface area contributed by atoms with Gasteiger partial charge in [-0.25, -0.2) is 0 Å². The Hall–Kier alpha value is -2.31. The van der Waals surface area contributed by atoms with E-state index >= 15 is 0 Å². The molecule has 1 aromatic carbocycles. The van der Waals surface area contributed by atoms with Gasteiger partial charge in [-0.3, -0.25) is 9.69 Å². The molecule has 33 heavy (non-hydrogen) atoms. The highest BCUT2D eigenvalue weighted by Gasteiger charge is 3.07. The molecule has 8 unspecified atom stereocenters. The molecule has 168 valence electrons. The van der Waals surface area contributed by atoms with Crippen LogP contribution < -0.4 is 0 Å². The SMILES string of the molecule is O=C(c1ccco1)N1CC23OC45C2CC1C3C41c2cc(O)ccc2CC12CN(CC1CC1)C25. The number of aromatic hydroxyl groups is 1. The number of likely N-dealkylation sites (tertiary alicyclic amines) is 2. The van der Waals surface area contributed by atoms with Gasteiger partial charge in [-0.2, -0.15) is 0 Å². The molecule has 3 aliphatic heterocycles. The Kier molecular flexibility index (Phi) is 2.41. The summed E-state index contributed by atoms with van der Waals surface area (Å²) in [5.41, 5.74) is 2.58. The lowest BCUT2D eigenvalue weighted by Gasteiger charge is -2.84. The fraction of sp³-hybridized carbons (Fsp3) is 0.593. The van der Waals surface area contributed by atoms with Gasteiger partial charge in [0.05, 0.1) is 18.4 Å². The van der Waals surface area contributed by atoms with E-state index in [4.69, 9.17) is 9.15 Å². The highest BCUT2D eigenvalue weighted by molar-refractivity contribution is 5.92. The molecule has 6 heteroatoms. The van der Waals surface area contributed by atoms with Crippen LogP contribution in [-0.2, 0) is 16.6 Å². The van der Waals surface area contributed by atoms with Gasteiger partial charge in [0.25, 0.3) is 5.91 Å². The molecular weight excluding hydrogens is 416 g/mol. The Bertz CT molecular complexity index is 1300. The number of nitrogens with zero attached hydrogens (tertiary/aromatic N) is 2. The Morgan fingerprint density at radius 3 is 2.94 bits per heavy atom. The highest BCUT2D eigenvalue weighted by Crippen LogP contribution is 2.95. The van der Waals surface area contributed by atoms with Crippen molar-refractivity contribution in [2.45, 2.75) is 54.4 Å². The van der Waals surface area contributed by atoms with Gasteiger partial charge in [0, 0.05) is 47.8 Å². The second kappa shape index (κ2) is 4.63. The Balaban J connectivity index is 1.15. The van der Waals surface area contributed by atoms with Crippen molar-refractivity contribution in [3.63, 3.8) is 0 Å². The van der Waals surface area contributed by atoms with Gasteiger partial charge in [0.2, 0.25) is 0 Å². The number of phenols is 1. The lowest BCUT2D eigenvalue weighted by atomic mass is 9.30. The van der Waals surface area contributed by atoms with Crippen LogP contribution >= 0.6 is 0 Å². The van der Waals surface area contributed by atoms with Gasteiger partial charge in [0.1, 0.15) is 11.4 Å². The molecule has 4 saturated carbocycles. The summed E-state index contributed by atoms with van der Waals surface area (Å²) in [4.78, 5) is 18.2. The summed E-state index contributed by atoms with van der Waals surface area (Å²) < 4.78 is 12.7. The number of benzene rings is 1. The fourth-order valence-corrected chi connectivity index (χ4v) is 11.1. The third kappa shape index (κ3) is 1.35. The topological polar surface area (TPSA) is 66.2 Å². The van der Waals surface area contributed by atoms with E-state index < -0.39 is 0 Å². The summed E-state index contributed by atoms with van der Waals surface area (Å²) in [5.74, 6) is 2.54. The van der Waals surface area contributed by atoms with Gasteiger partial charge < -0.3 is 19.2 Å². The number of ether oxygens (including phenoxy) is 1. The van der Waals surface area contributed by atoms with Gasteiger partial charge in [-0.1, -0.05) is 6.07 Å². The van der Waals surface area contributed by atoms with Gasteiger partial charge in [-0.15, -0.1) is 0 Å². The van der Waals surface area contributed by atoms with Crippen LogP contribution in [0.4, 0.5) is 0 Å². The average molecular weight is 443 g/mol. The number of fused-ring (bicyclic) bond motifs is 1. The number of hydrogen-bond donors (Lipinski definition) is 1. The normalized spacial score (nSPS) is 50.7. The lowest BCUT2D eigenvalue weighted by molar-refractivity contribution is -0.418. The molecule has 3 saturated heterocycles. The average Bonchev–Trinajstić information content (AvgIpc) is 3.10. The lowest BCUT2D eigenvalue weighted by Crippen LogP contribution is -2.97. The van der Waals surface area contributed by atoms with Crippen LogP contribution in [0.25, 0.3) is 0 Å². The number of amides is 1. The molecule has 0 radical (unpaired) electrons. The summed E-state index contributed by atoms with van der Waals surface area (Å²) in [5, 5.41) is 10.5. The first-order valence-corrected chi connectivity index (χ1v) is 12.7. The number of phenolic OH excluding ortho intramolecular Hbond substituents is 1. The van der Waals surface area contributed by atoms with E-state index in [1.54, 1.807) is 18.4 Å². The van der Waals surface area contributed by atoms with Crippen molar-refractivity contribution in [1.82, 2.24) is 9.80 Å². The van der Waals surface area contributed by atoms with Crippen LogP contribution in [0.15, 0.2) is 41.0 Å². The smallest absolute Gasteiger partial charge is 0.289 e. The number of hydrogen-bond acceptors (Lipinski definition) is 5. The van der Waals surface area contributed by atoms with Crippen molar-refractivity contribution in [3.8, 4) is 5.75 Å². The molecular formula is C27H26N2O4. The Morgan fingerprint density at radius 2 is 2.12 bits per heavy atom. The molecule has 1 aromatic heterocycles. The Labute approximate surface area is 191 Å². The zero-order valence-corrected chi connectivity index (χ0v) is 18.4. The molecule has 6 nitrogen and oxygen atoms in total. The van der Waals surface area contributed by atoms with Crippen molar-refractivity contribution >= 4 is 5.91 Å². The molecule has 8 atom stereocenters. The molecule has 5 aliphatic carbocycles. The predicted molar refractivity (Wildman–Crippen MR) is 116 cm³/mol. The maximum atomic E-state index is 13.4. The summed E-state index contributed by atoms with van der Waals surface area (Å²) >= 11 is 0. The van der Waals surface area contributed by atoms with E-state index in [1.807, 2.05) is 6.07 Å². The van der Waals surface area contributed by atoms with Crippen molar-refractivity contribution in [2.75, 3.05) is 19.6 Å². The second-order valence-electron chi connectivity index (χ2n) is 12.4. The monoisotopic (exact) mass is 442 g/mol. The van der Waals surface area contributed by atoms with Crippen LogP contribution in [0.1, 0.15) is 40.9 Å². The van der Waals surface area contributed by atoms with Crippen LogP contribution in [0.2, 0.25) is 0 Å². The molecule has 1 amide bonds. The molecule has 4 heterocycles. The van der Waals surface area contributed by atoms with E-state index in [9.17, 15) is 9.90 Å². The van der Waals surface area contributed by atoms with Gasteiger partial charge in [-0.05, 0) is 67.0 Å². The van der Waals surface area contributed by atoms with Gasteiger partial charge in [0.15, 0.2) is 5.76 Å². The first-order chi connectivity index (χ1) is 16.1. The quantitative estimate of drug-likeness (QED) is 0.792. The van der Waals surface area contributed by atoms with Crippen molar-refractivity contribution in [1.29, 1.82) is 0 Å². The van der Waals surface area contributed by atoms with E-state index in [2.05, 4.69) is 21.9 Å². The van der Waals surface area contributed by atoms with Crippen LogP contribution in [0.3, 0.4) is 0 Å². The van der Waals surface area contributed by atoms with Crippen molar-refractivity contribution in [3.05, 3.63) is 53.5 Å². The van der Waals surface area contributed by atoms with E-state index in [1.165, 1.54) is 30.5 Å². The van der Waals surface area contributed by atoms with Crippen LogP contribution in [-0.4, -0.2) is 63.7 Å².